The summed E-state index contributed by atoms with van der Waals surface area (Å²) in [5.74, 6) is 0. The standard InChI is InChI=1S/C7H9N5/c1-12(2)5-11-7(4-9)6(10)3-8/h5H,10H2,1-2H3/b7-6-,11-5?. The lowest BCUT2D eigenvalue weighted by Crippen LogP contribution is -2.08. The monoisotopic (exact) mass is 163 g/mol. The van der Waals surface area contributed by atoms with E-state index in [1.54, 1.807) is 31.1 Å². The summed E-state index contributed by atoms with van der Waals surface area (Å²) in [7, 11) is 3.50. The molecule has 0 aliphatic carbocycles. The van der Waals surface area contributed by atoms with Crippen LogP contribution in [0.5, 0.6) is 0 Å². The summed E-state index contributed by atoms with van der Waals surface area (Å²) in [4.78, 5) is 5.33. The lowest BCUT2D eigenvalue weighted by Gasteiger charge is -2.00. The molecule has 0 unspecified atom stereocenters. The van der Waals surface area contributed by atoms with Crippen LogP contribution in [0.25, 0.3) is 0 Å². The number of allylic oxidation sites excluding steroid dienone is 2. The predicted octanol–water partition coefficient (Wildman–Crippen LogP) is -0.206. The molecule has 12 heavy (non-hydrogen) atoms. The van der Waals surface area contributed by atoms with Gasteiger partial charge in [-0.25, -0.2) is 4.99 Å². The second-order valence-corrected chi connectivity index (χ2v) is 2.19. The van der Waals surface area contributed by atoms with Gasteiger partial charge in [-0.05, 0) is 0 Å². The molecule has 0 aromatic rings. The Bertz CT molecular complexity index is 286. The molecule has 0 heterocycles. The average Bonchev–Trinajstić information content (AvgIpc) is 2.04. The molecule has 0 radical (unpaired) electrons. The molecule has 0 atom stereocenters. The molecule has 0 aliphatic heterocycles. The molecule has 0 saturated heterocycles. The SMILES string of the molecule is CN(C)C=N/C(C#N)=C(\N)C#N. The molecule has 0 aromatic carbocycles. The van der Waals surface area contributed by atoms with Crippen LogP contribution in [0, 0.1) is 22.7 Å². The molecule has 0 rings (SSSR count). The van der Waals surface area contributed by atoms with Gasteiger partial charge in [-0.1, -0.05) is 0 Å². The van der Waals surface area contributed by atoms with Crippen LogP contribution >= 0.6 is 0 Å². The molecule has 0 aromatic heterocycles. The number of hydrogen-bond acceptors (Lipinski definition) is 4. The largest absolute Gasteiger partial charge is 0.388 e. The number of rotatable bonds is 2. The molecule has 0 amide bonds. The van der Waals surface area contributed by atoms with Gasteiger partial charge in [0.25, 0.3) is 0 Å². The normalized spacial score (nSPS) is 11.7. The van der Waals surface area contributed by atoms with E-state index in [4.69, 9.17) is 16.3 Å². The minimum atomic E-state index is -0.171. The zero-order chi connectivity index (χ0) is 9.56. The fraction of sp³-hybridized carbons (Fsp3) is 0.286. The summed E-state index contributed by atoms with van der Waals surface area (Å²) < 4.78 is 0. The van der Waals surface area contributed by atoms with Gasteiger partial charge in [0.05, 0.1) is 6.34 Å². The number of nitrogens with zero attached hydrogens (tertiary/aromatic N) is 4. The third-order valence-corrected chi connectivity index (χ3v) is 0.899. The zero-order valence-corrected chi connectivity index (χ0v) is 6.94. The Balaban J connectivity index is 4.66. The third kappa shape index (κ3) is 3.23. The van der Waals surface area contributed by atoms with Crippen molar-refractivity contribution in [1.29, 1.82) is 10.5 Å². The van der Waals surface area contributed by atoms with Crippen molar-refractivity contribution in [3.8, 4) is 12.1 Å². The van der Waals surface area contributed by atoms with Gasteiger partial charge in [-0.15, -0.1) is 0 Å². The van der Waals surface area contributed by atoms with E-state index in [0.717, 1.165) is 0 Å². The molecule has 0 aliphatic rings. The summed E-state index contributed by atoms with van der Waals surface area (Å²) in [6.45, 7) is 0. The van der Waals surface area contributed by atoms with Crippen LogP contribution in [0.15, 0.2) is 16.4 Å². The Morgan fingerprint density at radius 3 is 2.33 bits per heavy atom. The number of hydrogen-bond donors (Lipinski definition) is 1. The van der Waals surface area contributed by atoms with Gasteiger partial charge in [-0.3, -0.25) is 0 Å². The molecule has 5 nitrogen and oxygen atoms in total. The molecule has 0 fully saturated rings. The summed E-state index contributed by atoms with van der Waals surface area (Å²) in [6.07, 6.45) is 1.41. The molecular formula is C7H9N5. The van der Waals surface area contributed by atoms with Crippen molar-refractivity contribution in [2.24, 2.45) is 10.7 Å². The van der Waals surface area contributed by atoms with Crippen LogP contribution in [-0.2, 0) is 0 Å². The first-order chi connectivity index (χ1) is 5.61. The van der Waals surface area contributed by atoms with Crippen molar-refractivity contribution >= 4 is 6.34 Å². The number of nitrogens with two attached hydrogens (primary N) is 1. The molecule has 0 saturated carbocycles. The van der Waals surface area contributed by atoms with Crippen LogP contribution in [0.1, 0.15) is 0 Å². The predicted molar refractivity (Wildman–Crippen MR) is 44.6 cm³/mol. The van der Waals surface area contributed by atoms with Gasteiger partial charge in [0.2, 0.25) is 0 Å². The number of aliphatic imine (C=N–C) groups is 1. The van der Waals surface area contributed by atoms with Gasteiger partial charge in [0.1, 0.15) is 17.8 Å². The van der Waals surface area contributed by atoms with E-state index >= 15 is 0 Å². The van der Waals surface area contributed by atoms with E-state index in [1.807, 2.05) is 0 Å². The first-order valence-corrected chi connectivity index (χ1v) is 3.12. The lowest BCUT2D eigenvalue weighted by atomic mass is 10.4. The van der Waals surface area contributed by atoms with Crippen LogP contribution in [-0.4, -0.2) is 25.3 Å². The Morgan fingerprint density at radius 2 is 2.00 bits per heavy atom. The summed E-state index contributed by atoms with van der Waals surface area (Å²) in [5, 5.41) is 16.8. The summed E-state index contributed by atoms with van der Waals surface area (Å²) in [6, 6.07) is 3.36. The van der Waals surface area contributed by atoms with Crippen LogP contribution in [0.2, 0.25) is 0 Å². The maximum absolute atomic E-state index is 8.47. The topological polar surface area (TPSA) is 89.2 Å². The van der Waals surface area contributed by atoms with Gasteiger partial charge in [0.15, 0.2) is 5.70 Å². The van der Waals surface area contributed by atoms with Crippen LogP contribution in [0.3, 0.4) is 0 Å². The highest BCUT2D eigenvalue weighted by molar-refractivity contribution is 5.58. The minimum absolute atomic E-state index is 0.0637. The maximum atomic E-state index is 8.47. The van der Waals surface area contributed by atoms with Gasteiger partial charge < -0.3 is 10.6 Å². The maximum Gasteiger partial charge on any atom is 0.175 e. The quantitative estimate of drug-likeness (QED) is 0.346. The van der Waals surface area contributed by atoms with E-state index < -0.39 is 0 Å². The molecule has 0 bridgehead atoms. The van der Waals surface area contributed by atoms with Gasteiger partial charge >= 0.3 is 0 Å². The van der Waals surface area contributed by atoms with Gasteiger partial charge in [0, 0.05) is 14.1 Å². The van der Waals surface area contributed by atoms with E-state index in [9.17, 15) is 0 Å². The lowest BCUT2D eigenvalue weighted by molar-refractivity contribution is 0.642. The average molecular weight is 163 g/mol. The Hall–Kier alpha value is -2.01. The zero-order valence-electron chi connectivity index (χ0n) is 6.94. The van der Waals surface area contributed by atoms with Crippen molar-refractivity contribution in [3.63, 3.8) is 0 Å². The molecule has 0 spiro atoms. The molecular weight excluding hydrogens is 154 g/mol. The van der Waals surface area contributed by atoms with E-state index in [2.05, 4.69) is 4.99 Å². The molecule has 2 N–H and O–H groups in total. The minimum Gasteiger partial charge on any atom is -0.388 e. The molecule has 62 valence electrons. The van der Waals surface area contributed by atoms with Crippen molar-refractivity contribution in [3.05, 3.63) is 11.4 Å². The second-order valence-electron chi connectivity index (χ2n) is 2.19. The highest BCUT2D eigenvalue weighted by Gasteiger charge is 1.97. The first kappa shape index (κ1) is 9.99. The Labute approximate surface area is 71.0 Å². The van der Waals surface area contributed by atoms with E-state index in [0.29, 0.717) is 0 Å². The first-order valence-electron chi connectivity index (χ1n) is 3.12. The fourth-order valence-electron chi connectivity index (χ4n) is 0.385. The van der Waals surface area contributed by atoms with Crippen molar-refractivity contribution in [2.45, 2.75) is 0 Å². The summed E-state index contributed by atoms with van der Waals surface area (Å²) >= 11 is 0. The van der Waals surface area contributed by atoms with Crippen molar-refractivity contribution in [1.82, 2.24) is 4.90 Å². The van der Waals surface area contributed by atoms with Gasteiger partial charge in [-0.2, -0.15) is 10.5 Å². The highest BCUT2D eigenvalue weighted by Crippen LogP contribution is 1.96. The van der Waals surface area contributed by atoms with Crippen LogP contribution < -0.4 is 5.73 Å². The Kier molecular flexibility index (Phi) is 3.96. The molecule has 5 heteroatoms. The van der Waals surface area contributed by atoms with E-state index in [-0.39, 0.29) is 11.4 Å². The van der Waals surface area contributed by atoms with Crippen molar-refractivity contribution < 1.29 is 0 Å². The van der Waals surface area contributed by atoms with Crippen LogP contribution in [0.4, 0.5) is 0 Å². The second kappa shape index (κ2) is 4.75. The Morgan fingerprint density at radius 1 is 1.42 bits per heavy atom. The smallest absolute Gasteiger partial charge is 0.175 e. The fourth-order valence-corrected chi connectivity index (χ4v) is 0.385. The van der Waals surface area contributed by atoms with Crippen molar-refractivity contribution in [2.75, 3.05) is 14.1 Å². The van der Waals surface area contributed by atoms with E-state index in [1.165, 1.54) is 6.34 Å². The summed E-state index contributed by atoms with van der Waals surface area (Å²) in [5.41, 5.74) is 4.94. The third-order valence-electron chi connectivity index (χ3n) is 0.899. The number of nitriles is 2. The highest BCUT2D eigenvalue weighted by atomic mass is 15.1.